The Labute approximate surface area is 178 Å². The van der Waals surface area contributed by atoms with E-state index < -0.39 is 0 Å². The SMILES string of the molecule is CCC#Cc1ccc(C#Cc2ccc(OC(=O)c3ccc(CCC)cc3)cc2)cc1. The molecule has 0 fully saturated rings. The van der Waals surface area contributed by atoms with Crippen LogP contribution in [0.1, 0.15) is 59.3 Å². The molecule has 0 heterocycles. The lowest BCUT2D eigenvalue weighted by atomic mass is 10.1. The van der Waals surface area contributed by atoms with Crippen molar-refractivity contribution < 1.29 is 9.53 Å². The van der Waals surface area contributed by atoms with E-state index in [4.69, 9.17) is 4.74 Å². The molecule has 0 atom stereocenters. The van der Waals surface area contributed by atoms with E-state index in [9.17, 15) is 4.79 Å². The second-order valence-electron chi connectivity index (χ2n) is 6.84. The number of carbonyl (C=O) groups excluding carboxylic acids is 1. The molecule has 0 saturated carbocycles. The predicted molar refractivity (Wildman–Crippen MR) is 121 cm³/mol. The van der Waals surface area contributed by atoms with E-state index in [1.54, 1.807) is 12.1 Å². The maximum absolute atomic E-state index is 12.3. The van der Waals surface area contributed by atoms with Crippen LogP contribution in [-0.2, 0) is 6.42 Å². The van der Waals surface area contributed by atoms with Crippen LogP contribution in [0.25, 0.3) is 0 Å². The van der Waals surface area contributed by atoms with Gasteiger partial charge in [0.15, 0.2) is 0 Å². The van der Waals surface area contributed by atoms with Gasteiger partial charge < -0.3 is 4.74 Å². The van der Waals surface area contributed by atoms with Crippen LogP contribution >= 0.6 is 0 Å². The summed E-state index contributed by atoms with van der Waals surface area (Å²) in [5.74, 6) is 12.6. The van der Waals surface area contributed by atoms with Crippen LogP contribution in [0, 0.1) is 23.7 Å². The minimum absolute atomic E-state index is 0.358. The normalized spacial score (nSPS) is 9.67. The highest BCUT2D eigenvalue weighted by Crippen LogP contribution is 2.15. The van der Waals surface area contributed by atoms with E-state index in [1.165, 1.54) is 5.56 Å². The molecular formula is C28H24O2. The van der Waals surface area contributed by atoms with Crippen molar-refractivity contribution in [3.8, 4) is 29.4 Å². The summed E-state index contributed by atoms with van der Waals surface area (Å²) in [5.41, 5.74) is 4.55. The first-order valence-corrected chi connectivity index (χ1v) is 10.2. The van der Waals surface area contributed by atoms with Crippen LogP contribution in [0.4, 0.5) is 0 Å². The molecule has 0 unspecified atom stereocenters. The molecule has 2 nitrogen and oxygen atoms in total. The zero-order valence-electron chi connectivity index (χ0n) is 17.4. The van der Waals surface area contributed by atoms with Crippen molar-refractivity contribution in [2.24, 2.45) is 0 Å². The molecule has 0 saturated heterocycles. The minimum atomic E-state index is -0.358. The molecule has 0 aliphatic heterocycles. The Hall–Kier alpha value is -3.75. The second kappa shape index (κ2) is 10.7. The van der Waals surface area contributed by atoms with Gasteiger partial charge in [-0.1, -0.05) is 56.1 Å². The molecule has 30 heavy (non-hydrogen) atoms. The summed E-state index contributed by atoms with van der Waals surface area (Å²) in [4.78, 5) is 12.3. The van der Waals surface area contributed by atoms with Crippen molar-refractivity contribution in [2.45, 2.75) is 33.1 Å². The zero-order chi connectivity index (χ0) is 21.2. The smallest absolute Gasteiger partial charge is 0.343 e. The quantitative estimate of drug-likeness (QED) is 0.308. The van der Waals surface area contributed by atoms with E-state index in [-0.39, 0.29) is 5.97 Å². The number of benzene rings is 3. The van der Waals surface area contributed by atoms with Crippen molar-refractivity contribution >= 4 is 5.97 Å². The standard InChI is InChI=1S/C28H24O2/c1-3-5-7-23-8-10-24(11-9-23)12-13-25-16-20-27(21-17-25)30-28(29)26-18-14-22(6-4-2)15-19-26/h8-11,14-21H,3-4,6H2,1-2H3. The van der Waals surface area contributed by atoms with Crippen LogP contribution < -0.4 is 4.74 Å². The van der Waals surface area contributed by atoms with E-state index in [0.717, 1.165) is 36.0 Å². The highest BCUT2D eigenvalue weighted by Gasteiger charge is 2.08. The first-order valence-electron chi connectivity index (χ1n) is 10.2. The van der Waals surface area contributed by atoms with Crippen molar-refractivity contribution in [3.63, 3.8) is 0 Å². The molecule has 0 bridgehead atoms. The Balaban J connectivity index is 1.61. The van der Waals surface area contributed by atoms with Gasteiger partial charge in [0.05, 0.1) is 5.56 Å². The predicted octanol–water partition coefficient (Wildman–Crippen LogP) is 6.02. The summed E-state index contributed by atoms with van der Waals surface area (Å²) in [6, 6.07) is 22.7. The van der Waals surface area contributed by atoms with Crippen molar-refractivity contribution in [1.82, 2.24) is 0 Å². The number of ether oxygens (including phenoxy) is 1. The monoisotopic (exact) mass is 392 g/mol. The number of hydrogen-bond donors (Lipinski definition) is 0. The Morgan fingerprint density at radius 3 is 1.80 bits per heavy atom. The molecule has 0 aliphatic rings. The summed E-state index contributed by atoms with van der Waals surface area (Å²) in [6.07, 6.45) is 2.94. The van der Waals surface area contributed by atoms with Crippen molar-refractivity contribution in [3.05, 3.63) is 101 Å². The molecule has 0 aromatic heterocycles. The van der Waals surface area contributed by atoms with Gasteiger partial charge in [-0.05, 0) is 72.6 Å². The third-order valence-corrected chi connectivity index (χ3v) is 4.44. The van der Waals surface area contributed by atoms with E-state index >= 15 is 0 Å². The van der Waals surface area contributed by atoms with Gasteiger partial charge >= 0.3 is 5.97 Å². The lowest BCUT2D eigenvalue weighted by Gasteiger charge is -2.05. The van der Waals surface area contributed by atoms with Crippen LogP contribution in [0.5, 0.6) is 5.75 Å². The molecule has 0 radical (unpaired) electrons. The van der Waals surface area contributed by atoms with Gasteiger partial charge in [0.2, 0.25) is 0 Å². The molecule has 3 rings (SSSR count). The van der Waals surface area contributed by atoms with Gasteiger partial charge in [-0.3, -0.25) is 0 Å². The van der Waals surface area contributed by atoms with Gasteiger partial charge in [-0.15, -0.1) is 0 Å². The van der Waals surface area contributed by atoms with Crippen LogP contribution in [0.15, 0.2) is 72.8 Å². The molecule has 2 heteroatoms. The molecule has 0 spiro atoms. The third-order valence-electron chi connectivity index (χ3n) is 4.44. The van der Waals surface area contributed by atoms with Gasteiger partial charge in [-0.2, -0.15) is 0 Å². The highest BCUT2D eigenvalue weighted by molar-refractivity contribution is 5.91. The Morgan fingerprint density at radius 1 is 0.733 bits per heavy atom. The van der Waals surface area contributed by atoms with Gasteiger partial charge in [0.25, 0.3) is 0 Å². The lowest BCUT2D eigenvalue weighted by molar-refractivity contribution is 0.0734. The second-order valence-corrected chi connectivity index (χ2v) is 6.84. The van der Waals surface area contributed by atoms with Crippen LogP contribution in [-0.4, -0.2) is 5.97 Å². The molecule has 148 valence electrons. The summed E-state index contributed by atoms with van der Waals surface area (Å²) in [6.45, 7) is 4.17. The van der Waals surface area contributed by atoms with Gasteiger partial charge in [0, 0.05) is 23.1 Å². The fourth-order valence-electron chi connectivity index (χ4n) is 2.84. The summed E-state index contributed by atoms with van der Waals surface area (Å²) < 4.78 is 5.46. The average molecular weight is 392 g/mol. The number of carbonyl (C=O) groups is 1. The molecule has 0 N–H and O–H groups in total. The fourth-order valence-corrected chi connectivity index (χ4v) is 2.84. The first-order chi connectivity index (χ1) is 14.7. The molecule has 3 aromatic carbocycles. The van der Waals surface area contributed by atoms with Gasteiger partial charge in [-0.25, -0.2) is 4.79 Å². The Bertz CT molecular complexity index is 1100. The number of aryl methyl sites for hydroxylation is 1. The molecular weight excluding hydrogens is 368 g/mol. The number of rotatable bonds is 4. The summed E-state index contributed by atoms with van der Waals surface area (Å²) in [7, 11) is 0. The van der Waals surface area contributed by atoms with E-state index in [2.05, 4.69) is 30.6 Å². The van der Waals surface area contributed by atoms with E-state index in [1.807, 2.05) is 67.6 Å². The minimum Gasteiger partial charge on any atom is -0.423 e. The fraction of sp³-hybridized carbons (Fsp3) is 0.179. The largest absolute Gasteiger partial charge is 0.423 e. The van der Waals surface area contributed by atoms with Crippen LogP contribution in [0.3, 0.4) is 0 Å². The van der Waals surface area contributed by atoms with Crippen molar-refractivity contribution in [1.29, 1.82) is 0 Å². The number of esters is 1. The summed E-state index contributed by atoms with van der Waals surface area (Å²) >= 11 is 0. The Kier molecular flexibility index (Phi) is 7.48. The van der Waals surface area contributed by atoms with Crippen molar-refractivity contribution in [2.75, 3.05) is 0 Å². The molecule has 3 aromatic rings. The maximum Gasteiger partial charge on any atom is 0.343 e. The van der Waals surface area contributed by atoms with Gasteiger partial charge in [0.1, 0.15) is 5.75 Å². The molecule has 0 aliphatic carbocycles. The Morgan fingerprint density at radius 2 is 1.27 bits per heavy atom. The molecule has 0 amide bonds. The average Bonchev–Trinajstić information content (AvgIpc) is 2.78. The van der Waals surface area contributed by atoms with E-state index in [0.29, 0.717) is 11.3 Å². The third kappa shape index (κ3) is 6.13. The zero-order valence-corrected chi connectivity index (χ0v) is 17.4. The number of hydrogen-bond acceptors (Lipinski definition) is 2. The van der Waals surface area contributed by atoms with Crippen LogP contribution in [0.2, 0.25) is 0 Å². The maximum atomic E-state index is 12.3. The first kappa shape index (κ1) is 21.0. The topological polar surface area (TPSA) is 26.3 Å². The highest BCUT2D eigenvalue weighted by atomic mass is 16.5. The lowest BCUT2D eigenvalue weighted by Crippen LogP contribution is -2.08. The summed E-state index contributed by atoms with van der Waals surface area (Å²) in [5, 5.41) is 0.